The first-order valence-corrected chi connectivity index (χ1v) is 13.6. The number of benzene rings is 2. The Hall–Kier alpha value is -0.900. The summed E-state index contributed by atoms with van der Waals surface area (Å²) in [4.78, 5) is 11.1. The highest BCUT2D eigenvalue weighted by atomic mass is 33.1. The summed E-state index contributed by atoms with van der Waals surface area (Å²) in [5.74, 6) is 0. The number of thiazole rings is 2. The van der Waals surface area contributed by atoms with Crippen LogP contribution in [0.25, 0.3) is 11.1 Å². The van der Waals surface area contributed by atoms with Crippen molar-refractivity contribution >= 4 is 65.8 Å². The maximum atomic E-state index is 4.29. The molecule has 0 fully saturated rings. The number of hydrogen-bond donors (Lipinski definition) is 0. The molecular weight excluding hydrogens is 437 g/mol. The molecule has 0 spiro atoms. The van der Waals surface area contributed by atoms with Gasteiger partial charge < -0.3 is 0 Å². The second-order valence-corrected chi connectivity index (χ2v) is 11.7. The minimum Gasteiger partial charge on any atom is -0.237 e. The molecule has 4 aromatic rings. The fraction of sp³-hybridized carbons (Fsp3) is 0. The van der Waals surface area contributed by atoms with E-state index in [0.717, 1.165) is 8.68 Å². The van der Waals surface area contributed by atoms with Crippen LogP contribution in [0, 0.1) is 0 Å². The summed E-state index contributed by atoms with van der Waals surface area (Å²) in [6, 6.07) is 17.4. The van der Waals surface area contributed by atoms with E-state index in [0.29, 0.717) is 0 Å². The van der Waals surface area contributed by atoms with Crippen LogP contribution in [0.15, 0.2) is 90.2 Å². The van der Waals surface area contributed by atoms with E-state index in [9.17, 15) is 0 Å². The lowest BCUT2D eigenvalue weighted by molar-refractivity contribution is 1.26. The molecule has 0 saturated heterocycles. The molecule has 2 heterocycles. The third-order valence-corrected chi connectivity index (χ3v) is 10.3. The molecule has 130 valence electrons. The first-order valence-electron chi connectivity index (χ1n) is 7.55. The van der Waals surface area contributed by atoms with Gasteiger partial charge in [0, 0.05) is 32.9 Å². The van der Waals surface area contributed by atoms with Gasteiger partial charge in [0.05, 0.1) is 0 Å². The fourth-order valence-electron chi connectivity index (χ4n) is 2.08. The van der Waals surface area contributed by atoms with Crippen molar-refractivity contribution in [3.63, 3.8) is 0 Å². The van der Waals surface area contributed by atoms with E-state index in [1.807, 2.05) is 23.2 Å². The summed E-state index contributed by atoms with van der Waals surface area (Å²) >= 11 is 3.34. The molecule has 8 heteroatoms. The first kappa shape index (κ1) is 18.5. The van der Waals surface area contributed by atoms with Gasteiger partial charge in [0.2, 0.25) is 0 Å². The van der Waals surface area contributed by atoms with Crippen LogP contribution in [-0.4, -0.2) is 9.97 Å². The van der Waals surface area contributed by atoms with Crippen molar-refractivity contribution in [3.8, 4) is 11.1 Å². The predicted molar refractivity (Wildman–Crippen MR) is 120 cm³/mol. The highest BCUT2D eigenvalue weighted by Crippen LogP contribution is 2.40. The maximum absolute atomic E-state index is 4.29. The molecule has 2 aromatic carbocycles. The van der Waals surface area contributed by atoms with Gasteiger partial charge in [-0.3, -0.25) is 0 Å². The molecule has 0 radical (unpaired) electrons. The minimum absolute atomic E-state index is 1.09. The summed E-state index contributed by atoms with van der Waals surface area (Å²) in [5, 5.41) is 4.01. The molecular formula is C18H12N2S6. The van der Waals surface area contributed by atoms with Crippen molar-refractivity contribution in [1.82, 2.24) is 9.97 Å². The molecule has 2 aromatic heterocycles. The molecule has 0 amide bonds. The van der Waals surface area contributed by atoms with Crippen LogP contribution in [0.4, 0.5) is 0 Å². The van der Waals surface area contributed by atoms with E-state index in [1.165, 1.54) is 20.9 Å². The van der Waals surface area contributed by atoms with Gasteiger partial charge in [0.15, 0.2) is 8.68 Å². The predicted octanol–water partition coefficient (Wildman–Crippen LogP) is 7.87. The molecule has 2 nitrogen and oxygen atoms in total. The molecule has 0 saturated carbocycles. The molecule has 0 bridgehead atoms. The maximum Gasteiger partial charge on any atom is 0.160 e. The van der Waals surface area contributed by atoms with Crippen LogP contribution in [0.2, 0.25) is 0 Å². The van der Waals surface area contributed by atoms with Gasteiger partial charge in [-0.1, -0.05) is 45.9 Å². The summed E-state index contributed by atoms with van der Waals surface area (Å²) in [6.45, 7) is 0. The van der Waals surface area contributed by atoms with E-state index in [2.05, 4.69) is 58.5 Å². The number of hydrogen-bond acceptors (Lipinski definition) is 8. The standard InChI is InChI=1S/C18H12N2S6/c1-5-15(23-25-17-19-9-11-21-17)6-2-13(1)14-3-7-16(8-4-14)24-26-18-20-10-12-22-18/h1-12H. The van der Waals surface area contributed by atoms with Crippen molar-refractivity contribution in [2.75, 3.05) is 0 Å². The second-order valence-electron chi connectivity index (χ2n) is 4.98. The van der Waals surface area contributed by atoms with Crippen LogP contribution in [0.1, 0.15) is 0 Å². The van der Waals surface area contributed by atoms with Crippen LogP contribution >= 0.6 is 65.8 Å². The van der Waals surface area contributed by atoms with Crippen LogP contribution in [0.5, 0.6) is 0 Å². The Morgan fingerprint density at radius 3 is 1.31 bits per heavy atom. The summed E-state index contributed by atoms with van der Waals surface area (Å²) < 4.78 is 2.17. The Morgan fingerprint density at radius 1 is 0.538 bits per heavy atom. The molecule has 0 aliphatic heterocycles. The fourth-order valence-corrected chi connectivity index (χ4v) is 7.73. The van der Waals surface area contributed by atoms with E-state index in [4.69, 9.17) is 0 Å². The van der Waals surface area contributed by atoms with Gasteiger partial charge in [-0.15, -0.1) is 22.7 Å². The van der Waals surface area contributed by atoms with E-state index < -0.39 is 0 Å². The van der Waals surface area contributed by atoms with Crippen LogP contribution in [-0.2, 0) is 0 Å². The van der Waals surface area contributed by atoms with E-state index >= 15 is 0 Å². The SMILES string of the molecule is c1csc(SSc2ccc(-c3ccc(SSc4nccs4)cc3)cc2)n1. The third-order valence-electron chi connectivity index (χ3n) is 3.28. The summed E-state index contributed by atoms with van der Waals surface area (Å²) in [7, 11) is 6.89. The normalized spacial score (nSPS) is 10.9. The molecule has 0 unspecified atom stereocenters. The van der Waals surface area contributed by atoms with Crippen molar-refractivity contribution in [1.29, 1.82) is 0 Å². The average molecular weight is 449 g/mol. The molecule has 0 atom stereocenters. The van der Waals surface area contributed by atoms with Gasteiger partial charge in [-0.2, -0.15) is 0 Å². The van der Waals surface area contributed by atoms with Gasteiger partial charge in [-0.25, -0.2) is 9.97 Å². The number of rotatable bonds is 7. The van der Waals surface area contributed by atoms with Crippen molar-refractivity contribution < 1.29 is 0 Å². The second kappa shape index (κ2) is 9.34. The summed E-state index contributed by atoms with van der Waals surface area (Å²) in [6.07, 6.45) is 3.68. The van der Waals surface area contributed by atoms with Crippen LogP contribution < -0.4 is 0 Å². The smallest absolute Gasteiger partial charge is 0.160 e. The largest absolute Gasteiger partial charge is 0.237 e. The minimum atomic E-state index is 1.09. The van der Waals surface area contributed by atoms with E-state index in [-0.39, 0.29) is 0 Å². The topological polar surface area (TPSA) is 25.8 Å². The lowest BCUT2D eigenvalue weighted by Gasteiger charge is -2.05. The Kier molecular flexibility index (Phi) is 6.63. The van der Waals surface area contributed by atoms with Crippen molar-refractivity contribution in [2.45, 2.75) is 18.5 Å². The molecule has 26 heavy (non-hydrogen) atoms. The van der Waals surface area contributed by atoms with Crippen molar-refractivity contribution in [2.24, 2.45) is 0 Å². The molecule has 0 aliphatic rings. The summed E-state index contributed by atoms with van der Waals surface area (Å²) in [5.41, 5.74) is 2.47. The average Bonchev–Trinajstić information content (AvgIpc) is 3.40. The Balaban J connectivity index is 1.36. The van der Waals surface area contributed by atoms with E-state index in [1.54, 1.807) is 65.8 Å². The molecule has 4 rings (SSSR count). The van der Waals surface area contributed by atoms with Gasteiger partial charge >= 0.3 is 0 Å². The third kappa shape index (κ3) is 5.09. The number of nitrogens with zero attached hydrogens (tertiary/aromatic N) is 2. The van der Waals surface area contributed by atoms with Gasteiger partial charge in [-0.05, 0) is 57.0 Å². The lowest BCUT2D eigenvalue weighted by atomic mass is 10.1. The number of aromatic nitrogens is 2. The highest BCUT2D eigenvalue weighted by molar-refractivity contribution is 8.77. The van der Waals surface area contributed by atoms with Gasteiger partial charge in [0.25, 0.3) is 0 Å². The Labute approximate surface area is 176 Å². The molecule has 0 N–H and O–H groups in total. The first-order chi connectivity index (χ1) is 12.9. The monoisotopic (exact) mass is 448 g/mol. The zero-order valence-electron chi connectivity index (χ0n) is 13.3. The van der Waals surface area contributed by atoms with Crippen molar-refractivity contribution in [3.05, 3.63) is 71.7 Å². The zero-order valence-corrected chi connectivity index (χ0v) is 18.2. The van der Waals surface area contributed by atoms with Gasteiger partial charge in [0.1, 0.15) is 0 Å². The molecule has 0 aliphatic carbocycles. The highest BCUT2D eigenvalue weighted by Gasteiger charge is 2.03. The quantitative estimate of drug-likeness (QED) is 0.267. The lowest BCUT2D eigenvalue weighted by Crippen LogP contribution is -1.78. The zero-order chi connectivity index (χ0) is 17.6. The van der Waals surface area contributed by atoms with Crippen LogP contribution in [0.3, 0.4) is 0 Å². The Morgan fingerprint density at radius 2 is 0.962 bits per heavy atom. The Bertz CT molecular complexity index is 839.